The standard InChI is InChI=1S/C33H37ClF3N8O2/c1-20-6-4-8-42(15-20)16-22-12-25-26(27(13-22)33(35,36)37)17-44(31(25)46)30-29(45-19-41(3)18-39-45)24(23-10-21(2)11-23)14-28(40-30)43(32(34)47)9-5-7-38/h12-14,18-21,23H,4-6,8-11,15-17H2,1-3H3/q+1/t20-,21?,23?/m0/s1. The van der Waals surface area contributed by atoms with E-state index in [2.05, 4.69) is 23.8 Å². The molecular formula is C33H37ClF3N8O2+. The Morgan fingerprint density at radius 1 is 1.21 bits per heavy atom. The molecule has 3 aromatic rings. The number of pyridine rings is 1. The maximum Gasteiger partial charge on any atom is 0.416 e. The highest BCUT2D eigenvalue weighted by atomic mass is 35.5. The van der Waals surface area contributed by atoms with E-state index in [1.807, 2.05) is 6.07 Å². The number of rotatable bonds is 8. The monoisotopic (exact) mass is 669 g/mol. The molecule has 14 heteroatoms. The van der Waals surface area contributed by atoms with Crippen LogP contribution in [0, 0.1) is 23.2 Å². The number of hydrogen-bond donors (Lipinski definition) is 0. The predicted molar refractivity (Wildman–Crippen MR) is 168 cm³/mol. The van der Waals surface area contributed by atoms with Gasteiger partial charge in [-0.05, 0) is 90.9 Å². The molecule has 1 saturated carbocycles. The zero-order valence-electron chi connectivity index (χ0n) is 26.6. The van der Waals surface area contributed by atoms with E-state index in [9.17, 15) is 28.0 Å². The molecule has 2 aromatic heterocycles. The van der Waals surface area contributed by atoms with Gasteiger partial charge in [0.1, 0.15) is 5.82 Å². The molecule has 4 heterocycles. The van der Waals surface area contributed by atoms with Crippen LogP contribution in [-0.2, 0) is 26.3 Å². The van der Waals surface area contributed by atoms with E-state index in [4.69, 9.17) is 16.6 Å². The van der Waals surface area contributed by atoms with Crippen molar-refractivity contribution < 1.29 is 27.3 Å². The first kappa shape index (κ1) is 32.9. The Kier molecular flexibility index (Phi) is 9.02. The number of carbonyl (C=O) groups is 2. The Morgan fingerprint density at radius 2 is 1.98 bits per heavy atom. The molecule has 1 saturated heterocycles. The Hall–Kier alpha value is -4.02. The number of alkyl halides is 3. The van der Waals surface area contributed by atoms with Crippen molar-refractivity contribution in [3.8, 4) is 11.8 Å². The van der Waals surface area contributed by atoms with Crippen molar-refractivity contribution in [2.24, 2.45) is 18.9 Å². The zero-order chi connectivity index (χ0) is 33.6. The molecule has 1 aromatic carbocycles. The van der Waals surface area contributed by atoms with Crippen LogP contribution in [0.5, 0.6) is 0 Å². The highest BCUT2D eigenvalue weighted by Crippen LogP contribution is 2.48. The second-order valence-electron chi connectivity index (χ2n) is 13.2. The molecule has 47 heavy (non-hydrogen) atoms. The molecule has 0 N–H and O–H groups in total. The van der Waals surface area contributed by atoms with Gasteiger partial charge in [-0.15, -0.1) is 0 Å². The topological polar surface area (TPSA) is 102 Å². The van der Waals surface area contributed by atoms with E-state index in [1.54, 1.807) is 41.1 Å². The van der Waals surface area contributed by atoms with Gasteiger partial charge in [-0.1, -0.05) is 18.5 Å². The van der Waals surface area contributed by atoms with Crippen LogP contribution in [0.1, 0.15) is 84.5 Å². The number of nitriles is 1. The van der Waals surface area contributed by atoms with Gasteiger partial charge in [-0.3, -0.25) is 24.3 Å². The molecule has 0 radical (unpaired) electrons. The Labute approximate surface area is 276 Å². The van der Waals surface area contributed by atoms with Crippen molar-refractivity contribution in [1.29, 1.82) is 5.26 Å². The van der Waals surface area contributed by atoms with Crippen LogP contribution in [-0.4, -0.2) is 50.6 Å². The quantitative estimate of drug-likeness (QED) is 0.163. The van der Waals surface area contributed by atoms with Crippen molar-refractivity contribution in [3.63, 3.8) is 0 Å². The number of aryl methyl sites for hydroxylation is 1. The molecule has 2 fully saturated rings. The lowest BCUT2D eigenvalue weighted by Gasteiger charge is -2.35. The number of aromatic nitrogens is 4. The Morgan fingerprint density at radius 3 is 2.60 bits per heavy atom. The molecule has 6 rings (SSSR count). The minimum absolute atomic E-state index is 0.0161. The summed E-state index contributed by atoms with van der Waals surface area (Å²) in [5.74, 6) is 0.460. The molecule has 3 aliphatic rings. The SMILES string of the molecule is CC1CC(c2cc(N(CCC#N)C(=O)Cl)nc(N3Cc4c(cc(CN5CCC[C@H](C)C5)cc4C(F)(F)F)C3=O)c2-n2c[n+](C)cn2)C1. The Balaban J connectivity index is 1.50. The lowest BCUT2D eigenvalue weighted by Crippen LogP contribution is -2.33. The van der Waals surface area contributed by atoms with Gasteiger partial charge in [0.25, 0.3) is 12.2 Å². The summed E-state index contributed by atoms with van der Waals surface area (Å²) in [6.07, 6.45) is 2.24. The summed E-state index contributed by atoms with van der Waals surface area (Å²) >= 11 is 5.98. The third-order valence-corrected chi connectivity index (χ3v) is 9.63. The smallest absolute Gasteiger partial charge is 0.299 e. The van der Waals surface area contributed by atoms with Crippen molar-refractivity contribution in [2.75, 3.05) is 29.4 Å². The third-order valence-electron chi connectivity index (χ3n) is 9.43. The van der Waals surface area contributed by atoms with Gasteiger partial charge >= 0.3 is 11.5 Å². The molecule has 1 aliphatic carbocycles. The summed E-state index contributed by atoms with van der Waals surface area (Å²) in [5, 5.41) is 12.9. The summed E-state index contributed by atoms with van der Waals surface area (Å²) in [6.45, 7) is 5.72. The van der Waals surface area contributed by atoms with E-state index in [0.717, 1.165) is 49.2 Å². The average Bonchev–Trinajstić information content (AvgIpc) is 3.57. The fourth-order valence-corrected chi connectivity index (χ4v) is 7.34. The summed E-state index contributed by atoms with van der Waals surface area (Å²) in [5.41, 5.74) is 0.653. The third kappa shape index (κ3) is 6.58. The second-order valence-corrected chi connectivity index (χ2v) is 13.5. The van der Waals surface area contributed by atoms with Gasteiger partial charge in [0.15, 0.2) is 11.5 Å². The van der Waals surface area contributed by atoms with Crippen LogP contribution in [0.3, 0.4) is 0 Å². The largest absolute Gasteiger partial charge is 0.416 e. The molecule has 10 nitrogen and oxygen atoms in total. The summed E-state index contributed by atoms with van der Waals surface area (Å²) in [4.78, 5) is 36.2. The number of likely N-dealkylation sites (tertiary alicyclic amines) is 1. The lowest BCUT2D eigenvalue weighted by atomic mass is 9.72. The van der Waals surface area contributed by atoms with E-state index < -0.39 is 23.0 Å². The van der Waals surface area contributed by atoms with Gasteiger partial charge in [0, 0.05) is 35.9 Å². The molecule has 0 bridgehead atoms. The maximum atomic E-state index is 14.6. The van der Waals surface area contributed by atoms with Gasteiger partial charge in [0.05, 0.1) is 31.6 Å². The molecule has 248 valence electrons. The molecular weight excluding hydrogens is 633 g/mol. The van der Waals surface area contributed by atoms with Crippen molar-refractivity contribution in [1.82, 2.24) is 19.7 Å². The summed E-state index contributed by atoms with van der Waals surface area (Å²) in [7, 11) is 1.78. The highest BCUT2D eigenvalue weighted by Gasteiger charge is 2.43. The molecule has 0 spiro atoms. The molecule has 2 aliphatic heterocycles. The molecule has 1 atom stereocenters. The number of hydrogen-bond acceptors (Lipinski definition) is 6. The van der Waals surface area contributed by atoms with Crippen LogP contribution < -0.4 is 14.4 Å². The van der Waals surface area contributed by atoms with Crippen LogP contribution >= 0.6 is 11.6 Å². The first-order valence-electron chi connectivity index (χ1n) is 15.9. The van der Waals surface area contributed by atoms with E-state index >= 15 is 0 Å². The second kappa shape index (κ2) is 12.9. The highest BCUT2D eigenvalue weighted by molar-refractivity contribution is 6.66. The number of halogens is 4. The van der Waals surface area contributed by atoms with Crippen molar-refractivity contribution >= 4 is 34.5 Å². The van der Waals surface area contributed by atoms with Gasteiger partial charge in [0.2, 0.25) is 6.33 Å². The van der Waals surface area contributed by atoms with Crippen LogP contribution in [0.4, 0.5) is 29.6 Å². The zero-order valence-corrected chi connectivity index (χ0v) is 27.4. The predicted octanol–water partition coefficient (Wildman–Crippen LogP) is 6.10. The first-order valence-corrected chi connectivity index (χ1v) is 16.3. The first-order chi connectivity index (χ1) is 22.3. The van der Waals surface area contributed by atoms with Gasteiger partial charge in [-0.25, -0.2) is 9.55 Å². The number of amides is 2. The fourth-order valence-electron chi connectivity index (χ4n) is 7.17. The van der Waals surface area contributed by atoms with Gasteiger partial charge < -0.3 is 0 Å². The number of nitrogens with zero attached hydrogens (tertiary/aromatic N) is 8. The number of piperidine rings is 1. The normalized spacial score (nSPS) is 21.4. The van der Waals surface area contributed by atoms with Gasteiger partial charge in [-0.2, -0.15) is 18.4 Å². The number of anilines is 2. The number of fused-ring (bicyclic) bond motifs is 1. The van der Waals surface area contributed by atoms with Crippen LogP contribution in [0.2, 0.25) is 0 Å². The maximum absolute atomic E-state index is 14.6. The fraction of sp³-hybridized carbons (Fsp3) is 0.515. The summed E-state index contributed by atoms with van der Waals surface area (Å²) < 4.78 is 47.2. The minimum Gasteiger partial charge on any atom is -0.299 e. The number of benzene rings is 1. The van der Waals surface area contributed by atoms with Crippen LogP contribution in [0.15, 0.2) is 30.9 Å². The Bertz CT molecular complexity index is 1750. The average molecular weight is 670 g/mol. The van der Waals surface area contributed by atoms with Crippen molar-refractivity contribution in [3.05, 3.63) is 58.7 Å². The van der Waals surface area contributed by atoms with Crippen LogP contribution in [0.25, 0.3) is 5.69 Å². The molecule has 0 unspecified atom stereocenters. The lowest BCUT2D eigenvalue weighted by molar-refractivity contribution is -0.672. The molecule has 2 amide bonds. The van der Waals surface area contributed by atoms with Crippen molar-refractivity contribution in [2.45, 2.75) is 71.1 Å². The van der Waals surface area contributed by atoms with E-state index in [-0.39, 0.29) is 48.2 Å². The number of carbonyl (C=O) groups excluding carboxylic acids is 2. The summed E-state index contributed by atoms with van der Waals surface area (Å²) in [6, 6.07) is 6.48. The minimum atomic E-state index is -4.69. The van der Waals surface area contributed by atoms with E-state index in [0.29, 0.717) is 29.6 Å². The van der Waals surface area contributed by atoms with E-state index in [1.165, 1.54) is 11.0 Å².